The minimum atomic E-state index is -0.518. The number of carbonyl (C=O) groups excluding carboxylic acids is 1. The lowest BCUT2D eigenvalue weighted by atomic mass is 10.1. The van der Waals surface area contributed by atoms with Crippen LogP contribution < -0.4 is 5.32 Å². The number of aliphatic hydroxyl groups is 1. The highest BCUT2D eigenvalue weighted by Gasteiger charge is 2.35. The molecular formula is C9H16N2O2. The van der Waals surface area contributed by atoms with Crippen LogP contribution in [0.5, 0.6) is 0 Å². The van der Waals surface area contributed by atoms with Gasteiger partial charge < -0.3 is 15.3 Å². The van der Waals surface area contributed by atoms with E-state index in [-0.39, 0.29) is 11.9 Å². The monoisotopic (exact) mass is 184 g/mol. The van der Waals surface area contributed by atoms with Crippen molar-refractivity contribution in [3.8, 4) is 0 Å². The molecule has 2 aliphatic rings. The highest BCUT2D eigenvalue weighted by atomic mass is 16.3. The Morgan fingerprint density at radius 3 is 2.54 bits per heavy atom. The molecule has 1 unspecified atom stereocenters. The van der Waals surface area contributed by atoms with Crippen molar-refractivity contribution in [2.75, 3.05) is 13.1 Å². The van der Waals surface area contributed by atoms with Crippen LogP contribution in [0.3, 0.4) is 0 Å². The zero-order valence-corrected chi connectivity index (χ0v) is 7.70. The zero-order chi connectivity index (χ0) is 9.26. The van der Waals surface area contributed by atoms with Crippen LogP contribution in [-0.4, -0.2) is 41.3 Å². The Balaban J connectivity index is 2.00. The van der Waals surface area contributed by atoms with E-state index in [0.717, 1.165) is 25.9 Å². The van der Waals surface area contributed by atoms with Gasteiger partial charge in [-0.1, -0.05) is 0 Å². The van der Waals surface area contributed by atoms with Crippen molar-refractivity contribution in [2.45, 2.75) is 38.0 Å². The quantitative estimate of drug-likeness (QED) is 0.587. The second-order valence-corrected chi connectivity index (χ2v) is 3.80. The Morgan fingerprint density at radius 1 is 1.31 bits per heavy atom. The summed E-state index contributed by atoms with van der Waals surface area (Å²) in [5.41, 5.74) is 0. The van der Waals surface area contributed by atoms with Gasteiger partial charge in [0.1, 0.15) is 6.23 Å². The summed E-state index contributed by atoms with van der Waals surface area (Å²) < 4.78 is 0. The number of hydrogen-bond donors (Lipinski definition) is 2. The highest BCUT2D eigenvalue weighted by Crippen LogP contribution is 2.23. The average molecular weight is 184 g/mol. The predicted octanol–water partition coefficient (Wildman–Crippen LogP) is -0.321. The summed E-state index contributed by atoms with van der Waals surface area (Å²) in [7, 11) is 0. The van der Waals surface area contributed by atoms with Crippen molar-refractivity contribution in [1.29, 1.82) is 0 Å². The standard InChI is InChI=1S/C9H16N2O2/c12-8-1-2-9(13)11(8)7-3-5-10-6-4-7/h7-8,10,12H,1-6H2. The highest BCUT2D eigenvalue weighted by molar-refractivity contribution is 5.78. The molecule has 2 rings (SSSR count). The van der Waals surface area contributed by atoms with E-state index in [1.165, 1.54) is 0 Å². The molecule has 0 saturated carbocycles. The van der Waals surface area contributed by atoms with Gasteiger partial charge in [0, 0.05) is 18.9 Å². The molecule has 0 radical (unpaired) electrons. The third kappa shape index (κ3) is 1.69. The summed E-state index contributed by atoms with van der Waals surface area (Å²) in [5.74, 6) is 0.124. The van der Waals surface area contributed by atoms with E-state index in [4.69, 9.17) is 0 Å². The molecule has 0 aromatic heterocycles. The summed E-state index contributed by atoms with van der Waals surface area (Å²) in [5, 5.41) is 12.8. The number of amides is 1. The molecular weight excluding hydrogens is 168 g/mol. The molecule has 74 valence electrons. The summed E-state index contributed by atoms with van der Waals surface area (Å²) in [6.07, 6.45) is 2.56. The summed E-state index contributed by atoms with van der Waals surface area (Å²) in [4.78, 5) is 13.1. The van der Waals surface area contributed by atoms with Gasteiger partial charge in [0.2, 0.25) is 5.91 Å². The van der Waals surface area contributed by atoms with Gasteiger partial charge in [-0.2, -0.15) is 0 Å². The number of rotatable bonds is 1. The molecule has 2 aliphatic heterocycles. The maximum absolute atomic E-state index is 11.4. The third-order valence-electron chi connectivity index (χ3n) is 2.93. The molecule has 2 N–H and O–H groups in total. The Labute approximate surface area is 77.9 Å². The summed E-state index contributed by atoms with van der Waals surface area (Å²) in [6, 6.07) is 0.270. The number of nitrogens with zero attached hydrogens (tertiary/aromatic N) is 1. The Morgan fingerprint density at radius 2 is 2.00 bits per heavy atom. The fraction of sp³-hybridized carbons (Fsp3) is 0.889. The number of hydrogen-bond acceptors (Lipinski definition) is 3. The minimum absolute atomic E-state index is 0.124. The Hall–Kier alpha value is -0.610. The average Bonchev–Trinajstić information content (AvgIpc) is 2.48. The first-order valence-corrected chi connectivity index (χ1v) is 4.99. The SMILES string of the molecule is O=C1CCC(O)N1C1CCNCC1. The predicted molar refractivity (Wildman–Crippen MR) is 48.0 cm³/mol. The molecule has 0 aromatic rings. The van der Waals surface area contributed by atoms with Crippen molar-refractivity contribution in [3.63, 3.8) is 0 Å². The van der Waals surface area contributed by atoms with Crippen molar-refractivity contribution in [3.05, 3.63) is 0 Å². The van der Waals surface area contributed by atoms with E-state index in [0.29, 0.717) is 12.8 Å². The van der Waals surface area contributed by atoms with Crippen LogP contribution in [0.25, 0.3) is 0 Å². The van der Waals surface area contributed by atoms with Crippen molar-refractivity contribution >= 4 is 5.91 Å². The topological polar surface area (TPSA) is 52.6 Å². The first-order chi connectivity index (χ1) is 6.29. The number of aliphatic hydroxyl groups excluding tert-OH is 1. The lowest BCUT2D eigenvalue weighted by Crippen LogP contribution is -2.47. The van der Waals surface area contributed by atoms with Crippen LogP contribution >= 0.6 is 0 Å². The number of piperidine rings is 1. The summed E-state index contributed by atoms with van der Waals surface area (Å²) in [6.45, 7) is 1.92. The largest absolute Gasteiger partial charge is 0.374 e. The molecule has 1 amide bonds. The van der Waals surface area contributed by atoms with Crippen LogP contribution in [0.4, 0.5) is 0 Å². The fourth-order valence-electron chi connectivity index (χ4n) is 2.22. The molecule has 2 saturated heterocycles. The van der Waals surface area contributed by atoms with Crippen molar-refractivity contribution in [2.24, 2.45) is 0 Å². The Bertz CT molecular complexity index is 202. The first kappa shape index (κ1) is 8.97. The number of nitrogens with one attached hydrogen (secondary N) is 1. The minimum Gasteiger partial charge on any atom is -0.374 e. The van der Waals surface area contributed by atoms with Crippen molar-refractivity contribution < 1.29 is 9.90 Å². The van der Waals surface area contributed by atoms with Crippen LogP contribution in [0.1, 0.15) is 25.7 Å². The van der Waals surface area contributed by atoms with Gasteiger partial charge in [-0.15, -0.1) is 0 Å². The fourth-order valence-corrected chi connectivity index (χ4v) is 2.22. The van der Waals surface area contributed by atoms with Crippen LogP contribution in [0.2, 0.25) is 0 Å². The summed E-state index contributed by atoms with van der Waals surface area (Å²) >= 11 is 0. The van der Waals surface area contributed by atoms with E-state index >= 15 is 0 Å². The molecule has 0 bridgehead atoms. The van der Waals surface area contributed by atoms with Crippen LogP contribution in [0.15, 0.2) is 0 Å². The molecule has 0 aromatic carbocycles. The lowest BCUT2D eigenvalue weighted by Gasteiger charge is -2.33. The zero-order valence-electron chi connectivity index (χ0n) is 7.70. The van der Waals surface area contributed by atoms with Gasteiger partial charge in [0.15, 0.2) is 0 Å². The molecule has 0 aliphatic carbocycles. The molecule has 0 spiro atoms. The second-order valence-electron chi connectivity index (χ2n) is 3.80. The first-order valence-electron chi connectivity index (χ1n) is 4.99. The normalized spacial score (nSPS) is 31.3. The molecule has 2 fully saturated rings. The smallest absolute Gasteiger partial charge is 0.225 e. The Kier molecular flexibility index (Phi) is 2.51. The lowest BCUT2D eigenvalue weighted by molar-refractivity contribution is -0.137. The molecule has 4 nitrogen and oxygen atoms in total. The van der Waals surface area contributed by atoms with E-state index < -0.39 is 6.23 Å². The van der Waals surface area contributed by atoms with Gasteiger partial charge in [0.05, 0.1) is 0 Å². The third-order valence-corrected chi connectivity index (χ3v) is 2.93. The van der Waals surface area contributed by atoms with E-state index in [1.54, 1.807) is 4.90 Å². The number of likely N-dealkylation sites (tertiary alicyclic amines) is 1. The van der Waals surface area contributed by atoms with E-state index in [1.807, 2.05) is 0 Å². The maximum atomic E-state index is 11.4. The van der Waals surface area contributed by atoms with Crippen LogP contribution in [0, 0.1) is 0 Å². The molecule has 13 heavy (non-hydrogen) atoms. The molecule has 1 atom stereocenters. The van der Waals surface area contributed by atoms with Gasteiger partial charge >= 0.3 is 0 Å². The molecule has 2 heterocycles. The van der Waals surface area contributed by atoms with Gasteiger partial charge in [0.25, 0.3) is 0 Å². The van der Waals surface area contributed by atoms with Gasteiger partial charge in [-0.25, -0.2) is 0 Å². The van der Waals surface area contributed by atoms with E-state index in [9.17, 15) is 9.90 Å². The van der Waals surface area contributed by atoms with Gasteiger partial charge in [-0.3, -0.25) is 4.79 Å². The van der Waals surface area contributed by atoms with Crippen molar-refractivity contribution in [1.82, 2.24) is 10.2 Å². The maximum Gasteiger partial charge on any atom is 0.225 e. The van der Waals surface area contributed by atoms with Gasteiger partial charge in [-0.05, 0) is 25.9 Å². The number of carbonyl (C=O) groups is 1. The second kappa shape index (κ2) is 3.64. The van der Waals surface area contributed by atoms with E-state index in [2.05, 4.69) is 5.32 Å². The van der Waals surface area contributed by atoms with Crippen LogP contribution in [-0.2, 0) is 4.79 Å². The molecule has 4 heteroatoms.